The summed E-state index contributed by atoms with van der Waals surface area (Å²) in [5.74, 6) is 0.114. The van der Waals surface area contributed by atoms with Crippen molar-refractivity contribution in [1.29, 1.82) is 0 Å². The van der Waals surface area contributed by atoms with Crippen LogP contribution in [0.5, 0.6) is 5.75 Å². The number of hydrogen-bond acceptors (Lipinski definition) is 6. The highest BCUT2D eigenvalue weighted by Gasteiger charge is 2.36. The average Bonchev–Trinajstić information content (AvgIpc) is 2.92. The summed E-state index contributed by atoms with van der Waals surface area (Å²) in [7, 11) is 1.33. The molecule has 0 spiro atoms. The van der Waals surface area contributed by atoms with Crippen molar-refractivity contribution >= 4 is 17.7 Å². The molecule has 0 unspecified atom stereocenters. The summed E-state index contributed by atoms with van der Waals surface area (Å²) in [6, 6.07) is 1.73. The molecule has 1 amide bonds. The summed E-state index contributed by atoms with van der Waals surface area (Å²) in [5.41, 5.74) is 1.38. The van der Waals surface area contributed by atoms with Crippen molar-refractivity contribution < 1.29 is 23.8 Å². The standard InChI is InChI=1S/C19H25N3O5/c1-6-26-15-7-16-20-14(11-21(16)10-13(15)17(23)25-5)12-8-22(9-12)18(24)27-19(2,3)4/h7,10-12H,6,8-9H2,1-5H3. The lowest BCUT2D eigenvalue weighted by atomic mass is 9.98. The number of methoxy groups -OCH3 is 1. The number of rotatable bonds is 4. The first-order chi connectivity index (χ1) is 12.7. The van der Waals surface area contributed by atoms with Gasteiger partial charge in [0, 0.05) is 37.5 Å². The second-order valence-electron chi connectivity index (χ2n) is 7.49. The van der Waals surface area contributed by atoms with E-state index in [4.69, 9.17) is 14.2 Å². The van der Waals surface area contributed by atoms with E-state index in [1.165, 1.54) is 7.11 Å². The molecule has 8 nitrogen and oxygen atoms in total. The van der Waals surface area contributed by atoms with Gasteiger partial charge in [-0.1, -0.05) is 0 Å². The Morgan fingerprint density at radius 1 is 1.26 bits per heavy atom. The van der Waals surface area contributed by atoms with Gasteiger partial charge in [-0.05, 0) is 27.7 Å². The van der Waals surface area contributed by atoms with Crippen molar-refractivity contribution in [2.24, 2.45) is 0 Å². The molecule has 27 heavy (non-hydrogen) atoms. The Balaban J connectivity index is 1.78. The third-order valence-electron chi connectivity index (χ3n) is 4.23. The molecule has 8 heteroatoms. The Hall–Kier alpha value is -2.77. The number of ether oxygens (including phenoxy) is 3. The highest BCUT2D eigenvalue weighted by molar-refractivity contribution is 5.92. The Bertz CT molecular complexity index is 862. The Morgan fingerprint density at radius 2 is 1.96 bits per heavy atom. The lowest BCUT2D eigenvalue weighted by molar-refractivity contribution is 0.00790. The van der Waals surface area contributed by atoms with E-state index in [0.29, 0.717) is 36.7 Å². The highest BCUT2D eigenvalue weighted by Crippen LogP contribution is 2.30. The molecule has 0 aromatic carbocycles. The summed E-state index contributed by atoms with van der Waals surface area (Å²) in [6.45, 7) is 8.93. The summed E-state index contributed by atoms with van der Waals surface area (Å²) in [6.07, 6.45) is 3.22. The summed E-state index contributed by atoms with van der Waals surface area (Å²) < 4.78 is 17.5. The van der Waals surface area contributed by atoms with Gasteiger partial charge in [0.25, 0.3) is 0 Å². The van der Waals surface area contributed by atoms with Crippen LogP contribution in [-0.2, 0) is 9.47 Å². The van der Waals surface area contributed by atoms with E-state index in [1.54, 1.807) is 21.6 Å². The fourth-order valence-corrected chi connectivity index (χ4v) is 2.91. The quantitative estimate of drug-likeness (QED) is 0.764. The zero-order valence-electron chi connectivity index (χ0n) is 16.3. The number of aromatic nitrogens is 2. The number of carbonyl (C=O) groups is 2. The first kappa shape index (κ1) is 19.0. The van der Waals surface area contributed by atoms with Crippen LogP contribution >= 0.6 is 0 Å². The highest BCUT2D eigenvalue weighted by atomic mass is 16.6. The molecule has 146 valence electrons. The van der Waals surface area contributed by atoms with Gasteiger partial charge in [-0.3, -0.25) is 0 Å². The maximum absolute atomic E-state index is 12.1. The van der Waals surface area contributed by atoms with Gasteiger partial charge in [0.05, 0.1) is 19.4 Å². The minimum absolute atomic E-state index is 0.134. The number of nitrogens with zero attached hydrogens (tertiary/aromatic N) is 3. The van der Waals surface area contributed by atoms with Gasteiger partial charge in [0.15, 0.2) is 0 Å². The number of amides is 1. The molecule has 3 heterocycles. The number of likely N-dealkylation sites (tertiary alicyclic amines) is 1. The molecular formula is C19H25N3O5. The van der Waals surface area contributed by atoms with Crippen LogP contribution in [0.2, 0.25) is 0 Å². The first-order valence-electron chi connectivity index (χ1n) is 8.93. The molecule has 2 aromatic rings. The third-order valence-corrected chi connectivity index (χ3v) is 4.23. The van der Waals surface area contributed by atoms with Gasteiger partial charge in [-0.15, -0.1) is 0 Å². The normalized spacial score (nSPS) is 14.8. The molecule has 0 aliphatic carbocycles. The maximum atomic E-state index is 12.1. The number of imidazole rings is 1. The molecule has 0 N–H and O–H groups in total. The predicted molar refractivity (Wildman–Crippen MR) is 98.2 cm³/mol. The van der Waals surface area contributed by atoms with E-state index in [0.717, 1.165) is 5.69 Å². The summed E-state index contributed by atoms with van der Waals surface area (Å²) in [5, 5.41) is 0. The molecule has 1 aliphatic heterocycles. The van der Waals surface area contributed by atoms with Crippen molar-refractivity contribution in [2.45, 2.75) is 39.2 Å². The topological polar surface area (TPSA) is 82.4 Å². The van der Waals surface area contributed by atoms with Crippen molar-refractivity contribution in [1.82, 2.24) is 14.3 Å². The molecule has 0 atom stereocenters. The minimum Gasteiger partial charge on any atom is -0.493 e. The molecule has 1 fully saturated rings. The average molecular weight is 375 g/mol. The molecule has 1 saturated heterocycles. The van der Waals surface area contributed by atoms with E-state index >= 15 is 0 Å². The van der Waals surface area contributed by atoms with Gasteiger partial charge < -0.3 is 23.5 Å². The van der Waals surface area contributed by atoms with Gasteiger partial charge in [-0.25, -0.2) is 14.6 Å². The molecule has 0 saturated carbocycles. The van der Waals surface area contributed by atoms with Gasteiger partial charge in [-0.2, -0.15) is 0 Å². The number of fused-ring (bicyclic) bond motifs is 1. The van der Waals surface area contributed by atoms with Crippen LogP contribution in [0.15, 0.2) is 18.5 Å². The van der Waals surface area contributed by atoms with E-state index in [1.807, 2.05) is 33.9 Å². The van der Waals surface area contributed by atoms with E-state index in [9.17, 15) is 9.59 Å². The maximum Gasteiger partial charge on any atom is 0.410 e. The van der Waals surface area contributed by atoms with Gasteiger partial charge in [0.2, 0.25) is 0 Å². The van der Waals surface area contributed by atoms with Crippen molar-refractivity contribution in [3.63, 3.8) is 0 Å². The predicted octanol–water partition coefficient (Wildman–Crippen LogP) is 2.85. The number of esters is 1. The van der Waals surface area contributed by atoms with Crippen LogP contribution < -0.4 is 4.74 Å². The Kier molecular flexibility index (Phi) is 4.99. The smallest absolute Gasteiger partial charge is 0.410 e. The largest absolute Gasteiger partial charge is 0.493 e. The molecule has 0 radical (unpaired) electrons. The van der Waals surface area contributed by atoms with Crippen LogP contribution in [-0.4, -0.2) is 58.8 Å². The van der Waals surface area contributed by atoms with Crippen molar-refractivity contribution in [3.8, 4) is 5.75 Å². The van der Waals surface area contributed by atoms with Crippen molar-refractivity contribution in [3.05, 3.63) is 29.7 Å². The molecule has 3 rings (SSSR count). The van der Waals surface area contributed by atoms with Crippen LogP contribution in [0, 0.1) is 0 Å². The summed E-state index contributed by atoms with van der Waals surface area (Å²) in [4.78, 5) is 30.4. The number of hydrogen-bond donors (Lipinski definition) is 0. The van der Waals surface area contributed by atoms with E-state index in [-0.39, 0.29) is 12.0 Å². The molecule has 0 bridgehead atoms. The molecular weight excluding hydrogens is 350 g/mol. The monoisotopic (exact) mass is 375 g/mol. The second-order valence-corrected chi connectivity index (χ2v) is 7.49. The second kappa shape index (κ2) is 7.09. The van der Waals surface area contributed by atoms with Crippen molar-refractivity contribution in [2.75, 3.05) is 26.8 Å². The lowest BCUT2D eigenvalue weighted by Crippen LogP contribution is -2.50. The minimum atomic E-state index is -0.509. The number of carbonyl (C=O) groups excluding carboxylic acids is 2. The fraction of sp³-hybridized carbons (Fsp3) is 0.526. The van der Waals surface area contributed by atoms with Gasteiger partial charge >= 0.3 is 12.1 Å². The number of pyridine rings is 1. The zero-order valence-corrected chi connectivity index (χ0v) is 16.3. The van der Waals surface area contributed by atoms with Crippen LogP contribution in [0.4, 0.5) is 4.79 Å². The van der Waals surface area contributed by atoms with Crippen LogP contribution in [0.3, 0.4) is 0 Å². The van der Waals surface area contributed by atoms with E-state index < -0.39 is 11.6 Å². The molecule has 1 aliphatic rings. The van der Waals surface area contributed by atoms with Gasteiger partial charge in [0.1, 0.15) is 22.6 Å². The molecule has 2 aromatic heterocycles. The summed E-state index contributed by atoms with van der Waals surface area (Å²) >= 11 is 0. The zero-order chi connectivity index (χ0) is 19.8. The first-order valence-corrected chi connectivity index (χ1v) is 8.93. The Labute approximate surface area is 158 Å². The fourth-order valence-electron chi connectivity index (χ4n) is 2.91. The third kappa shape index (κ3) is 3.99. The van der Waals surface area contributed by atoms with E-state index in [2.05, 4.69) is 4.98 Å². The lowest BCUT2D eigenvalue weighted by Gasteiger charge is -2.38. The van der Waals surface area contributed by atoms with Crippen LogP contribution in [0.1, 0.15) is 49.7 Å². The Morgan fingerprint density at radius 3 is 2.56 bits per heavy atom. The SMILES string of the molecule is CCOc1cc2nc(C3CN(C(=O)OC(C)(C)C)C3)cn2cc1C(=O)OC. The van der Waals surface area contributed by atoms with Crippen LogP contribution in [0.25, 0.3) is 5.65 Å².